The van der Waals surface area contributed by atoms with Crippen LogP contribution in [0.25, 0.3) is 11.6 Å². The van der Waals surface area contributed by atoms with E-state index >= 15 is 0 Å². The molecule has 0 aliphatic heterocycles. The van der Waals surface area contributed by atoms with Gasteiger partial charge in [0.1, 0.15) is 0 Å². The van der Waals surface area contributed by atoms with Crippen molar-refractivity contribution in [2.75, 3.05) is 0 Å². The molecule has 4 heteroatoms. The maximum absolute atomic E-state index is 5.27. The van der Waals surface area contributed by atoms with Crippen molar-refractivity contribution in [2.24, 2.45) is 0 Å². The highest BCUT2D eigenvalue weighted by Crippen LogP contribution is 2.16. The lowest BCUT2D eigenvalue weighted by molar-refractivity contribution is 0.573. The first-order valence-electron chi connectivity index (χ1n) is 5.76. The van der Waals surface area contributed by atoms with Crippen molar-refractivity contribution in [3.8, 4) is 11.6 Å². The molecule has 0 amide bonds. The van der Waals surface area contributed by atoms with Crippen LogP contribution in [0.5, 0.6) is 0 Å². The van der Waals surface area contributed by atoms with E-state index in [1.165, 1.54) is 0 Å². The van der Waals surface area contributed by atoms with Gasteiger partial charge in [0.2, 0.25) is 0 Å². The van der Waals surface area contributed by atoms with Gasteiger partial charge in [-0.1, -0.05) is 13.8 Å². The molecule has 90 valence electrons. The highest BCUT2D eigenvalue weighted by molar-refractivity contribution is 5.46. The van der Waals surface area contributed by atoms with Gasteiger partial charge in [0, 0.05) is 30.0 Å². The fraction of sp³-hybridized carbons (Fsp3) is 0.385. The molecule has 0 radical (unpaired) electrons. The monoisotopic (exact) mass is 231 g/mol. The molecule has 2 aromatic heterocycles. The van der Waals surface area contributed by atoms with Gasteiger partial charge in [-0.15, -0.1) is 0 Å². The van der Waals surface area contributed by atoms with E-state index in [2.05, 4.69) is 29.1 Å². The molecule has 1 N–H and O–H groups in total. The van der Waals surface area contributed by atoms with Crippen LogP contribution in [0.15, 0.2) is 29.0 Å². The number of aryl methyl sites for hydroxylation is 1. The highest BCUT2D eigenvalue weighted by atomic mass is 16.3. The summed E-state index contributed by atoms with van der Waals surface area (Å²) < 4.78 is 5.27. The van der Waals surface area contributed by atoms with Crippen LogP contribution in [0, 0.1) is 6.92 Å². The lowest BCUT2D eigenvalue weighted by atomic mass is 10.2. The van der Waals surface area contributed by atoms with Crippen molar-refractivity contribution >= 4 is 0 Å². The van der Waals surface area contributed by atoms with Gasteiger partial charge in [-0.25, -0.2) is 9.97 Å². The molecule has 0 aliphatic rings. The van der Waals surface area contributed by atoms with Crippen molar-refractivity contribution in [3.63, 3.8) is 0 Å². The van der Waals surface area contributed by atoms with Gasteiger partial charge in [0.25, 0.3) is 0 Å². The minimum atomic E-state index is 0.458. The molecule has 4 nitrogen and oxygen atoms in total. The second-order valence-corrected chi connectivity index (χ2v) is 4.32. The van der Waals surface area contributed by atoms with Crippen LogP contribution in [0.1, 0.15) is 25.1 Å². The Labute approximate surface area is 101 Å². The van der Waals surface area contributed by atoms with Crippen LogP contribution in [0.2, 0.25) is 0 Å². The number of hydrogen-bond donors (Lipinski definition) is 1. The minimum absolute atomic E-state index is 0.458. The van der Waals surface area contributed by atoms with Gasteiger partial charge in [-0.2, -0.15) is 0 Å². The molecule has 2 rings (SSSR count). The first-order valence-corrected chi connectivity index (χ1v) is 5.76. The summed E-state index contributed by atoms with van der Waals surface area (Å²) in [7, 11) is 0. The van der Waals surface area contributed by atoms with Gasteiger partial charge < -0.3 is 9.73 Å². The van der Waals surface area contributed by atoms with Crippen LogP contribution in [-0.2, 0) is 6.54 Å². The number of rotatable bonds is 4. The first kappa shape index (κ1) is 11.8. The van der Waals surface area contributed by atoms with Gasteiger partial charge in [0.05, 0.1) is 6.26 Å². The quantitative estimate of drug-likeness (QED) is 0.878. The summed E-state index contributed by atoms with van der Waals surface area (Å²) in [5.74, 6) is 1.34. The van der Waals surface area contributed by atoms with Crippen LogP contribution in [-0.4, -0.2) is 16.0 Å². The molecule has 0 spiro atoms. The molecule has 2 heterocycles. The molecule has 0 aromatic carbocycles. The normalized spacial score (nSPS) is 11.1. The zero-order valence-corrected chi connectivity index (χ0v) is 10.4. The number of nitrogens with one attached hydrogen (secondary N) is 1. The highest BCUT2D eigenvalue weighted by Gasteiger charge is 2.07. The molecule has 0 fully saturated rings. The van der Waals surface area contributed by atoms with Crippen molar-refractivity contribution < 1.29 is 4.42 Å². The summed E-state index contributed by atoms with van der Waals surface area (Å²) in [4.78, 5) is 8.76. The lowest BCUT2D eigenvalue weighted by Gasteiger charge is -2.09. The maximum atomic E-state index is 5.27. The Bertz CT molecular complexity index is 477. The molecule has 0 saturated carbocycles. The molecule has 0 unspecified atom stereocenters. The van der Waals surface area contributed by atoms with E-state index in [1.54, 1.807) is 6.26 Å². The molecule has 0 bridgehead atoms. The van der Waals surface area contributed by atoms with E-state index in [4.69, 9.17) is 4.42 Å². The van der Waals surface area contributed by atoms with Crippen LogP contribution >= 0.6 is 0 Å². The van der Waals surface area contributed by atoms with Crippen LogP contribution in [0.3, 0.4) is 0 Å². The summed E-state index contributed by atoms with van der Waals surface area (Å²) in [5.41, 5.74) is 2.11. The van der Waals surface area contributed by atoms with Crippen molar-refractivity contribution in [1.82, 2.24) is 15.3 Å². The van der Waals surface area contributed by atoms with Gasteiger partial charge in [-0.3, -0.25) is 0 Å². The zero-order chi connectivity index (χ0) is 12.3. The molecule has 0 aliphatic carbocycles. The van der Waals surface area contributed by atoms with E-state index in [-0.39, 0.29) is 0 Å². The summed E-state index contributed by atoms with van der Waals surface area (Å²) in [6, 6.07) is 4.16. The predicted molar refractivity (Wildman–Crippen MR) is 66.4 cm³/mol. The summed E-state index contributed by atoms with van der Waals surface area (Å²) in [6.07, 6.45) is 3.48. The first-order chi connectivity index (χ1) is 8.16. The fourth-order valence-electron chi connectivity index (χ4n) is 1.50. The Morgan fingerprint density at radius 2 is 2.24 bits per heavy atom. The van der Waals surface area contributed by atoms with E-state index in [9.17, 15) is 0 Å². The van der Waals surface area contributed by atoms with Gasteiger partial charge in [0.15, 0.2) is 11.6 Å². The fourth-order valence-corrected chi connectivity index (χ4v) is 1.50. The topological polar surface area (TPSA) is 51.0 Å². The third-order valence-electron chi connectivity index (χ3n) is 2.52. The average Bonchev–Trinajstić information content (AvgIpc) is 2.80. The van der Waals surface area contributed by atoms with E-state index in [0.717, 1.165) is 17.8 Å². The standard InChI is InChI=1S/C13H17N3O/c1-9(2)14-7-11-8-15-13(16-10(11)3)12-5-4-6-17-12/h4-6,8-9,14H,7H2,1-3H3. The Balaban J connectivity index is 2.17. The summed E-state index contributed by atoms with van der Waals surface area (Å²) in [5, 5.41) is 3.35. The second kappa shape index (κ2) is 5.10. The SMILES string of the molecule is Cc1nc(-c2ccco2)ncc1CNC(C)C. The summed E-state index contributed by atoms with van der Waals surface area (Å²) in [6.45, 7) is 7.02. The molecular weight excluding hydrogens is 214 g/mol. The van der Waals surface area contributed by atoms with Gasteiger partial charge >= 0.3 is 0 Å². The largest absolute Gasteiger partial charge is 0.461 e. The number of furan rings is 1. The lowest BCUT2D eigenvalue weighted by Crippen LogP contribution is -2.22. The Morgan fingerprint density at radius 3 is 2.82 bits per heavy atom. The van der Waals surface area contributed by atoms with Crippen LogP contribution < -0.4 is 5.32 Å². The number of hydrogen-bond acceptors (Lipinski definition) is 4. The number of nitrogens with zero attached hydrogens (tertiary/aromatic N) is 2. The van der Waals surface area contributed by atoms with Crippen molar-refractivity contribution in [1.29, 1.82) is 0 Å². The van der Waals surface area contributed by atoms with E-state index in [1.807, 2.05) is 25.3 Å². The second-order valence-electron chi connectivity index (χ2n) is 4.32. The molecule has 17 heavy (non-hydrogen) atoms. The Hall–Kier alpha value is -1.68. The van der Waals surface area contributed by atoms with E-state index < -0.39 is 0 Å². The molecule has 2 aromatic rings. The van der Waals surface area contributed by atoms with Crippen LogP contribution in [0.4, 0.5) is 0 Å². The van der Waals surface area contributed by atoms with Gasteiger partial charge in [-0.05, 0) is 19.1 Å². The minimum Gasteiger partial charge on any atom is -0.461 e. The third kappa shape index (κ3) is 2.91. The Morgan fingerprint density at radius 1 is 1.41 bits per heavy atom. The third-order valence-corrected chi connectivity index (χ3v) is 2.52. The van der Waals surface area contributed by atoms with Crippen molar-refractivity contribution in [2.45, 2.75) is 33.4 Å². The predicted octanol–water partition coefficient (Wildman–Crippen LogP) is 2.54. The molecular formula is C13H17N3O. The average molecular weight is 231 g/mol. The zero-order valence-electron chi connectivity index (χ0n) is 10.4. The number of aromatic nitrogens is 2. The van der Waals surface area contributed by atoms with E-state index in [0.29, 0.717) is 17.6 Å². The molecule has 0 atom stereocenters. The summed E-state index contributed by atoms with van der Waals surface area (Å²) >= 11 is 0. The maximum Gasteiger partial charge on any atom is 0.195 e. The molecule has 0 saturated heterocycles. The Kier molecular flexibility index (Phi) is 3.54. The smallest absolute Gasteiger partial charge is 0.195 e. The van der Waals surface area contributed by atoms with Crippen molar-refractivity contribution in [3.05, 3.63) is 35.9 Å².